The number of hydrogen-bond acceptors (Lipinski definition) is 3. The van der Waals surface area contributed by atoms with Crippen LogP contribution in [0.15, 0.2) is 0 Å². The molecule has 17 heavy (non-hydrogen) atoms. The van der Waals surface area contributed by atoms with Gasteiger partial charge in [-0.05, 0) is 39.8 Å². The Morgan fingerprint density at radius 3 is 2.35 bits per heavy atom. The summed E-state index contributed by atoms with van der Waals surface area (Å²) >= 11 is 0. The van der Waals surface area contributed by atoms with E-state index in [0.29, 0.717) is 6.61 Å². The van der Waals surface area contributed by atoms with Crippen molar-refractivity contribution < 1.29 is 9.53 Å². The predicted molar refractivity (Wildman–Crippen MR) is 71.6 cm³/mol. The molecule has 1 aliphatic rings. The SMILES string of the molecule is COCC1(C(=O)N(C)C(C)C)CCNCC1.Cl. The highest BCUT2D eigenvalue weighted by atomic mass is 35.5. The fourth-order valence-corrected chi connectivity index (χ4v) is 2.21. The van der Waals surface area contributed by atoms with Crippen LogP contribution in [0.2, 0.25) is 0 Å². The van der Waals surface area contributed by atoms with E-state index >= 15 is 0 Å². The van der Waals surface area contributed by atoms with Crippen molar-refractivity contribution in [3.05, 3.63) is 0 Å². The Morgan fingerprint density at radius 1 is 1.41 bits per heavy atom. The molecule has 0 aromatic rings. The van der Waals surface area contributed by atoms with E-state index in [1.54, 1.807) is 7.11 Å². The zero-order valence-corrected chi connectivity index (χ0v) is 12.1. The van der Waals surface area contributed by atoms with E-state index in [9.17, 15) is 4.79 Å². The monoisotopic (exact) mass is 264 g/mol. The maximum Gasteiger partial charge on any atom is 0.231 e. The quantitative estimate of drug-likeness (QED) is 0.832. The fourth-order valence-electron chi connectivity index (χ4n) is 2.21. The van der Waals surface area contributed by atoms with E-state index in [2.05, 4.69) is 5.32 Å². The van der Waals surface area contributed by atoms with Crippen molar-refractivity contribution in [1.29, 1.82) is 0 Å². The molecule has 0 aromatic heterocycles. The van der Waals surface area contributed by atoms with Crippen molar-refractivity contribution in [2.45, 2.75) is 32.7 Å². The third kappa shape index (κ3) is 3.83. The highest BCUT2D eigenvalue weighted by Gasteiger charge is 2.41. The Bertz CT molecular complexity index is 235. The lowest BCUT2D eigenvalue weighted by atomic mass is 9.78. The number of halogens is 1. The molecule has 5 heteroatoms. The minimum absolute atomic E-state index is 0. The molecule has 0 unspecified atom stereocenters. The lowest BCUT2D eigenvalue weighted by Gasteiger charge is -2.39. The molecule has 0 spiro atoms. The number of nitrogens with zero attached hydrogens (tertiary/aromatic N) is 1. The van der Waals surface area contributed by atoms with Crippen molar-refractivity contribution in [3.63, 3.8) is 0 Å². The molecule has 0 saturated carbocycles. The van der Waals surface area contributed by atoms with Crippen LogP contribution in [0.3, 0.4) is 0 Å². The van der Waals surface area contributed by atoms with Gasteiger partial charge in [0.2, 0.25) is 5.91 Å². The molecule has 1 amide bonds. The molecule has 1 rings (SSSR count). The largest absolute Gasteiger partial charge is 0.384 e. The minimum Gasteiger partial charge on any atom is -0.384 e. The van der Waals surface area contributed by atoms with E-state index in [4.69, 9.17) is 4.74 Å². The van der Waals surface area contributed by atoms with Gasteiger partial charge in [-0.2, -0.15) is 0 Å². The van der Waals surface area contributed by atoms with Gasteiger partial charge in [0.05, 0.1) is 12.0 Å². The lowest BCUT2D eigenvalue weighted by molar-refractivity contribution is -0.147. The second-order valence-corrected chi connectivity index (χ2v) is 4.97. The smallest absolute Gasteiger partial charge is 0.231 e. The first kappa shape index (κ1) is 16.7. The van der Waals surface area contributed by atoms with Gasteiger partial charge in [-0.1, -0.05) is 0 Å². The van der Waals surface area contributed by atoms with Gasteiger partial charge in [0.1, 0.15) is 0 Å². The van der Waals surface area contributed by atoms with Gasteiger partial charge in [-0.25, -0.2) is 0 Å². The number of nitrogens with one attached hydrogen (secondary N) is 1. The van der Waals surface area contributed by atoms with Crippen LogP contribution in [0.5, 0.6) is 0 Å². The molecular formula is C12H25ClN2O2. The molecule has 1 heterocycles. The number of carbonyl (C=O) groups excluding carboxylic acids is 1. The first-order valence-corrected chi connectivity index (χ1v) is 6.00. The molecule has 102 valence electrons. The summed E-state index contributed by atoms with van der Waals surface area (Å²) in [7, 11) is 3.55. The summed E-state index contributed by atoms with van der Waals surface area (Å²) in [5, 5.41) is 3.29. The molecule has 1 saturated heterocycles. The molecule has 0 radical (unpaired) electrons. The first-order chi connectivity index (χ1) is 7.53. The van der Waals surface area contributed by atoms with Crippen LogP contribution in [-0.4, -0.2) is 50.7 Å². The second-order valence-electron chi connectivity index (χ2n) is 4.97. The lowest BCUT2D eigenvalue weighted by Crippen LogP contribution is -2.52. The average Bonchev–Trinajstić information content (AvgIpc) is 2.28. The van der Waals surface area contributed by atoms with Gasteiger partial charge in [0.25, 0.3) is 0 Å². The normalized spacial score (nSPS) is 18.6. The molecule has 1 aliphatic heterocycles. The van der Waals surface area contributed by atoms with Crippen LogP contribution in [-0.2, 0) is 9.53 Å². The molecule has 4 nitrogen and oxygen atoms in total. The van der Waals surface area contributed by atoms with Crippen molar-refractivity contribution in [3.8, 4) is 0 Å². The van der Waals surface area contributed by atoms with Gasteiger partial charge in [-0.15, -0.1) is 12.4 Å². The molecule has 1 N–H and O–H groups in total. The van der Waals surface area contributed by atoms with E-state index in [1.165, 1.54) is 0 Å². The summed E-state index contributed by atoms with van der Waals surface area (Å²) in [6.45, 7) is 6.42. The summed E-state index contributed by atoms with van der Waals surface area (Å²) in [6, 6.07) is 0.246. The Labute approximate surface area is 110 Å². The first-order valence-electron chi connectivity index (χ1n) is 6.00. The maximum absolute atomic E-state index is 12.5. The Morgan fingerprint density at radius 2 is 1.94 bits per heavy atom. The van der Waals surface area contributed by atoms with Crippen molar-refractivity contribution in [2.75, 3.05) is 33.9 Å². The number of rotatable bonds is 4. The molecule has 0 bridgehead atoms. The van der Waals surface area contributed by atoms with E-state index < -0.39 is 0 Å². The number of methoxy groups -OCH3 is 1. The number of piperidine rings is 1. The summed E-state index contributed by atoms with van der Waals surface area (Å²) in [6.07, 6.45) is 1.74. The summed E-state index contributed by atoms with van der Waals surface area (Å²) in [5.41, 5.74) is -0.307. The third-order valence-corrected chi connectivity index (χ3v) is 3.53. The Kier molecular flexibility index (Phi) is 7.05. The van der Waals surface area contributed by atoms with E-state index in [-0.39, 0.29) is 29.8 Å². The van der Waals surface area contributed by atoms with Gasteiger partial charge in [0.15, 0.2) is 0 Å². The fraction of sp³-hybridized carbons (Fsp3) is 0.917. The van der Waals surface area contributed by atoms with Crippen molar-refractivity contribution in [1.82, 2.24) is 10.2 Å². The van der Waals surface area contributed by atoms with Crippen LogP contribution in [0.4, 0.5) is 0 Å². The van der Waals surface area contributed by atoms with Crippen LogP contribution < -0.4 is 5.32 Å². The zero-order valence-electron chi connectivity index (χ0n) is 11.3. The maximum atomic E-state index is 12.5. The summed E-state index contributed by atoms with van der Waals surface area (Å²) in [5.74, 6) is 0.228. The van der Waals surface area contributed by atoms with Gasteiger partial charge in [0, 0.05) is 20.2 Å². The molecule has 1 fully saturated rings. The van der Waals surface area contributed by atoms with Crippen LogP contribution in [0.25, 0.3) is 0 Å². The van der Waals surface area contributed by atoms with Crippen LogP contribution >= 0.6 is 12.4 Å². The minimum atomic E-state index is -0.307. The summed E-state index contributed by atoms with van der Waals surface area (Å²) < 4.78 is 5.26. The molecular weight excluding hydrogens is 240 g/mol. The van der Waals surface area contributed by atoms with E-state index in [1.807, 2.05) is 25.8 Å². The number of hydrogen-bond donors (Lipinski definition) is 1. The Balaban J connectivity index is 0.00000256. The van der Waals surface area contributed by atoms with Crippen LogP contribution in [0, 0.1) is 5.41 Å². The zero-order chi connectivity index (χ0) is 12.2. The highest BCUT2D eigenvalue weighted by molar-refractivity contribution is 5.85. The average molecular weight is 265 g/mol. The number of amides is 1. The standard InChI is InChI=1S/C12H24N2O2.ClH/c1-10(2)14(3)11(15)12(9-16-4)5-7-13-8-6-12;/h10,13H,5-9H2,1-4H3;1H. The van der Waals surface area contributed by atoms with Gasteiger partial charge >= 0.3 is 0 Å². The van der Waals surface area contributed by atoms with Gasteiger partial charge < -0.3 is 15.0 Å². The van der Waals surface area contributed by atoms with E-state index in [0.717, 1.165) is 25.9 Å². The second kappa shape index (κ2) is 7.19. The predicted octanol–water partition coefficient (Wildman–Crippen LogP) is 1.29. The van der Waals surface area contributed by atoms with Crippen LogP contribution in [0.1, 0.15) is 26.7 Å². The number of ether oxygens (including phenoxy) is 1. The Hall–Kier alpha value is -0.320. The van der Waals surface area contributed by atoms with Crippen molar-refractivity contribution >= 4 is 18.3 Å². The molecule has 0 aliphatic carbocycles. The van der Waals surface area contributed by atoms with Crippen molar-refractivity contribution in [2.24, 2.45) is 5.41 Å². The highest BCUT2D eigenvalue weighted by Crippen LogP contribution is 2.31. The summed E-state index contributed by atoms with van der Waals surface area (Å²) in [4.78, 5) is 14.3. The topological polar surface area (TPSA) is 41.6 Å². The third-order valence-electron chi connectivity index (χ3n) is 3.53. The molecule has 0 aromatic carbocycles. The molecule has 0 atom stereocenters. The van der Waals surface area contributed by atoms with Gasteiger partial charge in [-0.3, -0.25) is 4.79 Å². The number of carbonyl (C=O) groups is 1.